The van der Waals surface area contributed by atoms with Crippen molar-refractivity contribution in [3.63, 3.8) is 0 Å². The van der Waals surface area contributed by atoms with Crippen LogP contribution in [0.25, 0.3) is 5.82 Å². The van der Waals surface area contributed by atoms with Gasteiger partial charge in [0.15, 0.2) is 11.5 Å². The van der Waals surface area contributed by atoms with Crippen LogP contribution in [0.3, 0.4) is 0 Å². The zero-order valence-electron chi connectivity index (χ0n) is 15.0. The Bertz CT molecular complexity index is 965. The Labute approximate surface area is 162 Å². The van der Waals surface area contributed by atoms with Gasteiger partial charge >= 0.3 is 6.18 Å². The molecule has 0 spiro atoms. The fourth-order valence-electron chi connectivity index (χ4n) is 2.93. The molecule has 3 aromatic rings. The number of hydrogen-bond acceptors (Lipinski definition) is 7. The second kappa shape index (κ2) is 7.45. The van der Waals surface area contributed by atoms with Gasteiger partial charge in [-0.3, -0.25) is 4.79 Å². The van der Waals surface area contributed by atoms with Crippen LogP contribution < -0.4 is 4.90 Å². The lowest BCUT2D eigenvalue weighted by atomic mass is 10.2. The highest BCUT2D eigenvalue weighted by molar-refractivity contribution is 5.92. The minimum atomic E-state index is -4.42. The minimum Gasteiger partial charge on any atom is -0.353 e. The van der Waals surface area contributed by atoms with E-state index in [1.54, 1.807) is 17.0 Å². The molecule has 0 aromatic carbocycles. The van der Waals surface area contributed by atoms with Crippen LogP contribution in [0.4, 0.5) is 19.0 Å². The summed E-state index contributed by atoms with van der Waals surface area (Å²) in [5.74, 6) is 0.627. The lowest BCUT2D eigenvalue weighted by molar-refractivity contribution is -0.137. The molecule has 1 fully saturated rings. The number of alkyl halides is 3. The maximum atomic E-state index is 12.7. The number of aromatic nitrogens is 6. The molecule has 9 nitrogen and oxygen atoms in total. The molecule has 1 aliphatic heterocycles. The third-order valence-electron chi connectivity index (χ3n) is 4.49. The van der Waals surface area contributed by atoms with Gasteiger partial charge in [0.25, 0.3) is 5.91 Å². The van der Waals surface area contributed by atoms with E-state index in [0.29, 0.717) is 37.8 Å². The van der Waals surface area contributed by atoms with E-state index in [1.807, 2.05) is 4.90 Å². The third kappa shape index (κ3) is 4.00. The first-order chi connectivity index (χ1) is 13.9. The molecule has 3 aromatic heterocycles. The molecule has 0 radical (unpaired) electrons. The van der Waals surface area contributed by atoms with Crippen molar-refractivity contribution in [3.8, 4) is 5.82 Å². The summed E-state index contributed by atoms with van der Waals surface area (Å²) >= 11 is 0. The summed E-state index contributed by atoms with van der Waals surface area (Å²) in [6, 6.07) is 5.54. The molecule has 0 aliphatic carbocycles. The average molecular weight is 404 g/mol. The summed E-state index contributed by atoms with van der Waals surface area (Å²) in [5.41, 5.74) is -0.585. The first kappa shape index (κ1) is 18.8. The highest BCUT2D eigenvalue weighted by Gasteiger charge is 2.31. The first-order valence-electron chi connectivity index (χ1n) is 8.68. The molecular weight excluding hydrogens is 389 g/mol. The number of nitrogens with zero attached hydrogens (tertiary/aromatic N) is 8. The predicted octanol–water partition coefficient (Wildman–Crippen LogP) is 1.43. The molecule has 29 heavy (non-hydrogen) atoms. The Hall–Kier alpha value is -3.57. The number of amides is 1. The molecule has 1 saturated heterocycles. The van der Waals surface area contributed by atoms with Gasteiger partial charge in [-0.25, -0.2) is 14.6 Å². The smallest absolute Gasteiger partial charge is 0.353 e. The van der Waals surface area contributed by atoms with Gasteiger partial charge in [-0.05, 0) is 24.3 Å². The summed E-state index contributed by atoms with van der Waals surface area (Å²) in [4.78, 5) is 23.8. The molecule has 1 amide bonds. The largest absolute Gasteiger partial charge is 0.417 e. The lowest BCUT2D eigenvalue weighted by Gasteiger charge is -2.35. The van der Waals surface area contributed by atoms with Crippen LogP contribution >= 0.6 is 0 Å². The molecule has 1 aliphatic rings. The fourth-order valence-corrected chi connectivity index (χ4v) is 2.93. The maximum absolute atomic E-state index is 12.7. The Morgan fingerprint density at radius 3 is 2.28 bits per heavy atom. The highest BCUT2D eigenvalue weighted by Crippen LogP contribution is 2.29. The number of carbonyl (C=O) groups is 1. The average Bonchev–Trinajstić information content (AvgIpc) is 3.28. The molecule has 0 N–H and O–H groups in total. The summed E-state index contributed by atoms with van der Waals surface area (Å²) in [7, 11) is 0. The van der Waals surface area contributed by atoms with Gasteiger partial charge in [-0.2, -0.15) is 18.3 Å². The number of hydrogen-bond donors (Lipinski definition) is 0. The SMILES string of the molecule is O=C(c1ccc(-n2cncn2)nn1)N1CCN(c2ccc(C(F)(F)F)cn2)CC1. The van der Waals surface area contributed by atoms with Crippen LogP contribution in [-0.4, -0.2) is 66.9 Å². The summed E-state index contributed by atoms with van der Waals surface area (Å²) in [5, 5.41) is 11.9. The van der Waals surface area contributed by atoms with E-state index in [4.69, 9.17) is 0 Å². The Balaban J connectivity index is 1.37. The molecule has 0 unspecified atom stereocenters. The van der Waals surface area contributed by atoms with Crippen molar-refractivity contribution in [2.75, 3.05) is 31.1 Å². The van der Waals surface area contributed by atoms with Crippen LogP contribution in [-0.2, 0) is 6.18 Å². The van der Waals surface area contributed by atoms with E-state index in [2.05, 4.69) is 25.3 Å². The third-order valence-corrected chi connectivity index (χ3v) is 4.49. The summed E-state index contributed by atoms with van der Waals surface area (Å²) in [6.45, 7) is 1.70. The van der Waals surface area contributed by atoms with E-state index in [-0.39, 0.29) is 11.6 Å². The molecule has 12 heteroatoms. The zero-order valence-corrected chi connectivity index (χ0v) is 15.0. The van der Waals surface area contributed by atoms with Gasteiger partial charge in [-0.15, -0.1) is 10.2 Å². The molecule has 4 rings (SSSR count). The number of halogens is 3. The minimum absolute atomic E-state index is 0.204. The monoisotopic (exact) mass is 404 g/mol. The Kier molecular flexibility index (Phi) is 4.82. The second-order valence-electron chi connectivity index (χ2n) is 6.30. The van der Waals surface area contributed by atoms with Gasteiger partial charge < -0.3 is 9.80 Å². The maximum Gasteiger partial charge on any atom is 0.417 e. The Morgan fingerprint density at radius 1 is 0.966 bits per heavy atom. The molecule has 0 bridgehead atoms. The van der Waals surface area contributed by atoms with E-state index in [0.717, 1.165) is 12.3 Å². The molecule has 150 valence electrons. The summed E-state index contributed by atoms with van der Waals surface area (Å²) in [6.07, 6.45) is -0.758. The van der Waals surface area contributed by atoms with Crippen molar-refractivity contribution in [3.05, 3.63) is 54.4 Å². The van der Waals surface area contributed by atoms with Gasteiger partial charge in [0.2, 0.25) is 0 Å². The number of anilines is 1. The normalized spacial score (nSPS) is 14.9. The number of pyridine rings is 1. The van der Waals surface area contributed by atoms with Gasteiger partial charge in [0.05, 0.1) is 5.56 Å². The fraction of sp³-hybridized carbons (Fsp3) is 0.294. The van der Waals surface area contributed by atoms with Crippen molar-refractivity contribution in [1.82, 2.24) is 34.8 Å². The van der Waals surface area contributed by atoms with Gasteiger partial charge in [0, 0.05) is 32.4 Å². The van der Waals surface area contributed by atoms with E-state index in [1.165, 1.54) is 23.4 Å². The van der Waals surface area contributed by atoms with Crippen molar-refractivity contribution >= 4 is 11.7 Å². The lowest BCUT2D eigenvalue weighted by Crippen LogP contribution is -2.49. The van der Waals surface area contributed by atoms with Gasteiger partial charge in [0.1, 0.15) is 18.5 Å². The van der Waals surface area contributed by atoms with Crippen LogP contribution in [0.5, 0.6) is 0 Å². The van der Waals surface area contributed by atoms with Gasteiger partial charge in [-0.1, -0.05) is 0 Å². The molecule has 4 heterocycles. The Morgan fingerprint density at radius 2 is 1.72 bits per heavy atom. The van der Waals surface area contributed by atoms with E-state index < -0.39 is 11.7 Å². The van der Waals surface area contributed by atoms with E-state index in [9.17, 15) is 18.0 Å². The molecule has 0 saturated carbocycles. The van der Waals surface area contributed by atoms with Crippen LogP contribution in [0.2, 0.25) is 0 Å². The molecule has 0 atom stereocenters. The standard InChI is InChI=1S/C17H15F3N8O/c18-17(19,20)12-1-3-14(22-9-12)26-5-7-27(8-6-26)16(29)13-2-4-15(25-24-13)28-11-21-10-23-28/h1-4,9-11H,5-8H2. The number of piperazine rings is 1. The van der Waals surface area contributed by atoms with Crippen molar-refractivity contribution in [2.24, 2.45) is 0 Å². The zero-order chi connectivity index (χ0) is 20.4. The quantitative estimate of drug-likeness (QED) is 0.652. The van der Waals surface area contributed by atoms with Crippen LogP contribution in [0, 0.1) is 0 Å². The van der Waals surface area contributed by atoms with E-state index >= 15 is 0 Å². The predicted molar refractivity (Wildman–Crippen MR) is 94.3 cm³/mol. The van der Waals surface area contributed by atoms with Crippen LogP contribution in [0.15, 0.2) is 43.1 Å². The first-order valence-corrected chi connectivity index (χ1v) is 8.68. The van der Waals surface area contributed by atoms with Crippen molar-refractivity contribution < 1.29 is 18.0 Å². The number of rotatable bonds is 3. The second-order valence-corrected chi connectivity index (χ2v) is 6.30. The highest BCUT2D eigenvalue weighted by atomic mass is 19.4. The topological polar surface area (TPSA) is 92.9 Å². The number of carbonyl (C=O) groups excluding carboxylic acids is 1. The summed E-state index contributed by atoms with van der Waals surface area (Å²) < 4.78 is 39.4. The van der Waals surface area contributed by atoms with Crippen molar-refractivity contribution in [1.29, 1.82) is 0 Å². The van der Waals surface area contributed by atoms with Crippen molar-refractivity contribution in [2.45, 2.75) is 6.18 Å². The molecular formula is C17H15F3N8O. The van der Waals surface area contributed by atoms with Crippen LogP contribution in [0.1, 0.15) is 16.1 Å².